The van der Waals surface area contributed by atoms with Crippen molar-refractivity contribution in [1.82, 2.24) is 10.9 Å². The van der Waals surface area contributed by atoms with Crippen LogP contribution in [0.15, 0.2) is 34.9 Å². The molecule has 0 radical (unpaired) electrons. The highest BCUT2D eigenvalue weighted by atomic mass is 16.3. The van der Waals surface area contributed by atoms with Crippen molar-refractivity contribution in [3.05, 3.63) is 58.5 Å². The molecule has 0 unspecified atom stereocenters. The van der Waals surface area contributed by atoms with Crippen LogP contribution in [-0.2, 0) is 0 Å². The summed E-state index contributed by atoms with van der Waals surface area (Å²) in [4.78, 5) is 23.8. The smallest absolute Gasteiger partial charge is 0.273 e. The average molecular weight is 272 g/mol. The molecule has 20 heavy (non-hydrogen) atoms. The fraction of sp³-hybridized carbons (Fsp3) is 0.200. The molecule has 2 N–H and O–H groups in total. The number of hydrazine groups is 1. The Morgan fingerprint density at radius 3 is 2.15 bits per heavy atom. The SMILES string of the molecule is Cc1ccc(C(=O)NNC(=O)c2ccoc2C)c(C)c1. The second-order valence-corrected chi connectivity index (χ2v) is 4.62. The lowest BCUT2D eigenvalue weighted by atomic mass is 10.1. The van der Waals surface area contributed by atoms with Crippen molar-refractivity contribution < 1.29 is 14.0 Å². The van der Waals surface area contributed by atoms with Gasteiger partial charge in [-0.3, -0.25) is 20.4 Å². The van der Waals surface area contributed by atoms with Gasteiger partial charge in [0.1, 0.15) is 5.76 Å². The lowest BCUT2D eigenvalue weighted by Crippen LogP contribution is -2.41. The van der Waals surface area contributed by atoms with Gasteiger partial charge in [0.25, 0.3) is 11.8 Å². The van der Waals surface area contributed by atoms with Gasteiger partial charge < -0.3 is 4.42 Å². The third-order valence-electron chi connectivity index (χ3n) is 3.02. The first-order valence-electron chi connectivity index (χ1n) is 6.21. The van der Waals surface area contributed by atoms with Crippen LogP contribution in [0.4, 0.5) is 0 Å². The van der Waals surface area contributed by atoms with Gasteiger partial charge in [-0.1, -0.05) is 17.7 Å². The molecular formula is C15H16N2O3. The van der Waals surface area contributed by atoms with Crippen molar-refractivity contribution in [2.24, 2.45) is 0 Å². The number of carbonyl (C=O) groups excluding carboxylic acids is 2. The van der Waals surface area contributed by atoms with E-state index in [1.54, 1.807) is 19.1 Å². The molecule has 2 amide bonds. The van der Waals surface area contributed by atoms with Gasteiger partial charge in [0.05, 0.1) is 11.8 Å². The fourth-order valence-electron chi connectivity index (χ4n) is 1.94. The van der Waals surface area contributed by atoms with Gasteiger partial charge in [-0.2, -0.15) is 0 Å². The summed E-state index contributed by atoms with van der Waals surface area (Å²) in [5, 5.41) is 0. The number of furan rings is 1. The number of amides is 2. The zero-order chi connectivity index (χ0) is 14.7. The topological polar surface area (TPSA) is 71.3 Å². The Hall–Kier alpha value is -2.56. The molecule has 0 saturated carbocycles. The third kappa shape index (κ3) is 2.88. The van der Waals surface area contributed by atoms with Crippen molar-refractivity contribution in [2.75, 3.05) is 0 Å². The Balaban J connectivity index is 2.02. The Bertz CT molecular complexity index is 659. The highest BCUT2D eigenvalue weighted by molar-refractivity contribution is 6.00. The van der Waals surface area contributed by atoms with Crippen LogP contribution in [0.5, 0.6) is 0 Å². The molecule has 0 aliphatic rings. The first kappa shape index (κ1) is 13.9. The van der Waals surface area contributed by atoms with Crippen LogP contribution in [-0.4, -0.2) is 11.8 Å². The molecule has 5 heteroatoms. The summed E-state index contributed by atoms with van der Waals surface area (Å²) < 4.78 is 5.04. The summed E-state index contributed by atoms with van der Waals surface area (Å²) >= 11 is 0. The summed E-state index contributed by atoms with van der Waals surface area (Å²) in [6.07, 6.45) is 1.43. The predicted octanol–water partition coefficient (Wildman–Crippen LogP) is 2.28. The minimum absolute atomic E-state index is 0.350. The molecule has 1 aromatic heterocycles. The Morgan fingerprint density at radius 2 is 1.60 bits per heavy atom. The van der Waals surface area contributed by atoms with Gasteiger partial charge in [-0.15, -0.1) is 0 Å². The molecule has 0 bridgehead atoms. The number of rotatable bonds is 2. The van der Waals surface area contributed by atoms with Crippen LogP contribution in [0.25, 0.3) is 0 Å². The number of nitrogens with one attached hydrogen (secondary N) is 2. The fourth-order valence-corrected chi connectivity index (χ4v) is 1.94. The first-order valence-corrected chi connectivity index (χ1v) is 6.21. The van der Waals surface area contributed by atoms with Crippen molar-refractivity contribution >= 4 is 11.8 Å². The van der Waals surface area contributed by atoms with Crippen LogP contribution in [0.3, 0.4) is 0 Å². The molecule has 104 valence electrons. The monoisotopic (exact) mass is 272 g/mol. The van der Waals surface area contributed by atoms with Crippen molar-refractivity contribution in [2.45, 2.75) is 20.8 Å². The Kier molecular flexibility index (Phi) is 3.89. The van der Waals surface area contributed by atoms with Crippen molar-refractivity contribution in [3.8, 4) is 0 Å². The lowest BCUT2D eigenvalue weighted by Gasteiger charge is -2.09. The highest BCUT2D eigenvalue weighted by Crippen LogP contribution is 2.10. The van der Waals surface area contributed by atoms with E-state index < -0.39 is 5.91 Å². The minimum atomic E-state index is -0.408. The third-order valence-corrected chi connectivity index (χ3v) is 3.02. The molecule has 0 aliphatic carbocycles. The van der Waals surface area contributed by atoms with E-state index in [1.165, 1.54) is 6.26 Å². The van der Waals surface area contributed by atoms with Crippen LogP contribution in [0.1, 0.15) is 37.6 Å². The van der Waals surface area contributed by atoms with Gasteiger partial charge >= 0.3 is 0 Å². The van der Waals surface area contributed by atoms with E-state index in [1.807, 2.05) is 26.0 Å². The van der Waals surface area contributed by atoms with Crippen LogP contribution in [0, 0.1) is 20.8 Å². The molecule has 0 fully saturated rings. The van der Waals surface area contributed by atoms with E-state index in [-0.39, 0.29) is 5.91 Å². The molecule has 0 aliphatic heterocycles. The number of aryl methyl sites for hydroxylation is 3. The summed E-state index contributed by atoms with van der Waals surface area (Å²) in [7, 11) is 0. The lowest BCUT2D eigenvalue weighted by molar-refractivity contribution is 0.0845. The zero-order valence-electron chi connectivity index (χ0n) is 11.6. The molecule has 1 aromatic carbocycles. The zero-order valence-corrected chi connectivity index (χ0v) is 11.6. The summed E-state index contributed by atoms with van der Waals surface area (Å²) in [6.45, 7) is 5.49. The maximum Gasteiger partial charge on any atom is 0.273 e. The van der Waals surface area contributed by atoms with Crippen LogP contribution in [0.2, 0.25) is 0 Å². The number of benzene rings is 1. The molecular weight excluding hydrogens is 256 g/mol. The van der Waals surface area contributed by atoms with Gasteiger partial charge in [0.15, 0.2) is 0 Å². The number of hydrogen-bond donors (Lipinski definition) is 2. The maximum absolute atomic E-state index is 12.0. The normalized spacial score (nSPS) is 10.2. The molecule has 0 atom stereocenters. The Labute approximate surface area is 117 Å². The molecule has 2 aromatic rings. The van der Waals surface area contributed by atoms with E-state index in [2.05, 4.69) is 10.9 Å². The van der Waals surface area contributed by atoms with E-state index in [0.29, 0.717) is 16.9 Å². The van der Waals surface area contributed by atoms with Crippen molar-refractivity contribution in [3.63, 3.8) is 0 Å². The van der Waals surface area contributed by atoms with Gasteiger partial charge in [-0.05, 0) is 38.5 Å². The maximum atomic E-state index is 12.0. The second kappa shape index (κ2) is 5.61. The van der Waals surface area contributed by atoms with E-state index in [4.69, 9.17) is 4.42 Å². The van der Waals surface area contributed by atoms with Crippen LogP contribution < -0.4 is 10.9 Å². The predicted molar refractivity (Wildman–Crippen MR) is 74.3 cm³/mol. The number of carbonyl (C=O) groups is 2. The molecule has 5 nitrogen and oxygen atoms in total. The molecule has 1 heterocycles. The molecule has 0 saturated heterocycles. The minimum Gasteiger partial charge on any atom is -0.469 e. The number of hydrogen-bond acceptors (Lipinski definition) is 3. The van der Waals surface area contributed by atoms with Crippen molar-refractivity contribution in [1.29, 1.82) is 0 Å². The van der Waals surface area contributed by atoms with Gasteiger partial charge in [0, 0.05) is 5.56 Å². The second-order valence-electron chi connectivity index (χ2n) is 4.62. The van der Waals surface area contributed by atoms with Gasteiger partial charge in [-0.25, -0.2) is 0 Å². The quantitative estimate of drug-likeness (QED) is 0.824. The first-order chi connectivity index (χ1) is 9.49. The summed E-state index contributed by atoms with van der Waals surface area (Å²) in [5.74, 6) is -0.255. The molecule has 2 rings (SSSR count). The van der Waals surface area contributed by atoms with E-state index in [0.717, 1.165) is 11.1 Å². The van der Waals surface area contributed by atoms with E-state index >= 15 is 0 Å². The largest absolute Gasteiger partial charge is 0.469 e. The highest BCUT2D eigenvalue weighted by Gasteiger charge is 2.13. The standard InChI is InChI=1S/C15H16N2O3/c1-9-4-5-12(10(2)8-9)14(18)16-17-15(19)13-6-7-20-11(13)3/h4-8H,1-3H3,(H,16,18)(H,17,19). The Morgan fingerprint density at radius 1 is 0.950 bits per heavy atom. The summed E-state index contributed by atoms with van der Waals surface area (Å²) in [6, 6.07) is 7.05. The molecule has 0 spiro atoms. The van der Waals surface area contributed by atoms with Crippen LogP contribution >= 0.6 is 0 Å². The van der Waals surface area contributed by atoms with Gasteiger partial charge in [0.2, 0.25) is 0 Å². The van der Waals surface area contributed by atoms with E-state index in [9.17, 15) is 9.59 Å². The summed E-state index contributed by atoms with van der Waals surface area (Å²) in [5.41, 5.74) is 7.62. The average Bonchev–Trinajstić information content (AvgIpc) is 2.82.